The van der Waals surface area contributed by atoms with Gasteiger partial charge in [0.05, 0.1) is 5.69 Å². The highest BCUT2D eigenvalue weighted by Gasteiger charge is 2.20. The van der Waals surface area contributed by atoms with Crippen LogP contribution in [0, 0.1) is 0 Å². The Balaban J connectivity index is 1.40. The number of aromatic amines is 1. The van der Waals surface area contributed by atoms with Crippen molar-refractivity contribution in [3.63, 3.8) is 0 Å². The van der Waals surface area contributed by atoms with Crippen LogP contribution >= 0.6 is 15.9 Å². The Kier molecular flexibility index (Phi) is 4.22. The van der Waals surface area contributed by atoms with Crippen LogP contribution in [0.1, 0.15) is 16.8 Å². The molecule has 0 spiro atoms. The van der Waals surface area contributed by atoms with Crippen LogP contribution in [0.5, 0.6) is 0 Å². The summed E-state index contributed by atoms with van der Waals surface area (Å²) in [5.74, 6) is 0.773. The summed E-state index contributed by atoms with van der Waals surface area (Å²) >= 11 is 3.54. The molecule has 1 N–H and O–H groups in total. The van der Waals surface area contributed by atoms with E-state index >= 15 is 0 Å². The number of nitrogens with one attached hydrogen (secondary N) is 1. The molecule has 0 radical (unpaired) electrons. The van der Waals surface area contributed by atoms with E-state index in [-0.39, 0.29) is 0 Å². The Morgan fingerprint density at radius 3 is 2.93 bits per heavy atom. The number of benzene rings is 1. The molecule has 0 atom stereocenters. The van der Waals surface area contributed by atoms with Gasteiger partial charge in [-0.2, -0.15) is 0 Å². The van der Waals surface area contributed by atoms with E-state index in [0.717, 1.165) is 47.6 Å². The lowest BCUT2D eigenvalue weighted by Crippen LogP contribution is -2.31. The molecule has 0 fully saturated rings. The van der Waals surface area contributed by atoms with Crippen LogP contribution in [0.2, 0.25) is 0 Å². The quantitative estimate of drug-likeness (QED) is 0.536. The molecule has 0 saturated heterocycles. The van der Waals surface area contributed by atoms with E-state index in [9.17, 15) is 0 Å². The summed E-state index contributed by atoms with van der Waals surface area (Å²) in [5.41, 5.74) is 5.88. The maximum Gasteiger partial charge on any atom is 0.159 e. The average molecular weight is 420 g/mol. The minimum absolute atomic E-state index is 0.773. The summed E-state index contributed by atoms with van der Waals surface area (Å²) in [6.45, 7) is 2.78. The van der Waals surface area contributed by atoms with Gasteiger partial charge in [0.15, 0.2) is 5.82 Å². The van der Waals surface area contributed by atoms with Crippen LogP contribution in [-0.2, 0) is 19.5 Å². The highest BCUT2D eigenvalue weighted by Crippen LogP contribution is 2.26. The molecule has 3 aromatic heterocycles. The van der Waals surface area contributed by atoms with Crippen molar-refractivity contribution in [2.24, 2.45) is 0 Å². The largest absolute Gasteiger partial charge is 0.361 e. The first-order valence-electron chi connectivity index (χ1n) is 8.99. The Morgan fingerprint density at radius 1 is 1.15 bits per heavy atom. The fraction of sp³-hybridized carbons (Fsp3) is 0.190. The molecule has 0 amide bonds. The molecular formula is C21H18BrN5. The summed E-state index contributed by atoms with van der Waals surface area (Å²) in [6.07, 6.45) is 8.65. The average Bonchev–Trinajstić information content (AvgIpc) is 3.10. The second kappa shape index (κ2) is 6.87. The van der Waals surface area contributed by atoms with Gasteiger partial charge in [0, 0.05) is 65.4 Å². The fourth-order valence-electron chi connectivity index (χ4n) is 3.66. The summed E-state index contributed by atoms with van der Waals surface area (Å²) in [5, 5.41) is 1.28. The van der Waals surface area contributed by atoms with Gasteiger partial charge in [-0.15, -0.1) is 0 Å². The van der Waals surface area contributed by atoms with E-state index in [1.54, 1.807) is 12.4 Å². The van der Waals surface area contributed by atoms with Crippen molar-refractivity contribution in [1.29, 1.82) is 0 Å². The van der Waals surface area contributed by atoms with Gasteiger partial charge in [0.1, 0.15) is 0 Å². The molecule has 4 heterocycles. The number of rotatable bonds is 3. The normalized spacial score (nSPS) is 14.4. The maximum absolute atomic E-state index is 4.84. The van der Waals surface area contributed by atoms with Crippen LogP contribution in [0.3, 0.4) is 0 Å². The number of halogens is 1. The van der Waals surface area contributed by atoms with E-state index in [1.165, 1.54) is 22.0 Å². The molecule has 5 rings (SSSR count). The molecular weight excluding hydrogens is 402 g/mol. The zero-order valence-corrected chi connectivity index (χ0v) is 16.3. The van der Waals surface area contributed by atoms with E-state index in [4.69, 9.17) is 4.98 Å². The van der Waals surface area contributed by atoms with Gasteiger partial charge in [0.2, 0.25) is 0 Å². The molecule has 134 valence electrons. The van der Waals surface area contributed by atoms with Crippen molar-refractivity contribution in [1.82, 2.24) is 24.8 Å². The number of aromatic nitrogens is 4. The lowest BCUT2D eigenvalue weighted by molar-refractivity contribution is 0.242. The molecule has 0 saturated carbocycles. The minimum atomic E-state index is 0.773. The number of hydrogen-bond donors (Lipinski definition) is 1. The summed E-state index contributed by atoms with van der Waals surface area (Å²) < 4.78 is 1.09. The molecule has 1 aliphatic heterocycles. The summed E-state index contributed by atoms with van der Waals surface area (Å²) in [6, 6.07) is 10.3. The second-order valence-electron chi connectivity index (χ2n) is 6.87. The third-order valence-electron chi connectivity index (χ3n) is 5.09. The maximum atomic E-state index is 4.84. The van der Waals surface area contributed by atoms with Crippen molar-refractivity contribution in [3.8, 4) is 11.4 Å². The van der Waals surface area contributed by atoms with Gasteiger partial charge in [-0.3, -0.25) is 9.88 Å². The van der Waals surface area contributed by atoms with Crippen LogP contribution in [-0.4, -0.2) is 31.4 Å². The molecule has 4 aromatic rings. The van der Waals surface area contributed by atoms with E-state index < -0.39 is 0 Å². The van der Waals surface area contributed by atoms with Gasteiger partial charge in [-0.25, -0.2) is 9.97 Å². The predicted molar refractivity (Wildman–Crippen MR) is 109 cm³/mol. The Morgan fingerprint density at radius 2 is 2.04 bits per heavy atom. The SMILES string of the molecule is Brc1ccc2c(CN3CCc4cnc(-c5ccncc5)nc4C3)c[nH]c2c1. The number of nitrogens with zero attached hydrogens (tertiary/aromatic N) is 4. The topological polar surface area (TPSA) is 57.7 Å². The first-order valence-corrected chi connectivity index (χ1v) is 9.78. The van der Waals surface area contributed by atoms with Crippen molar-refractivity contribution in [2.45, 2.75) is 19.5 Å². The number of fused-ring (bicyclic) bond motifs is 2. The molecule has 5 nitrogen and oxygen atoms in total. The Bertz CT molecular complexity index is 1110. The van der Waals surface area contributed by atoms with Crippen molar-refractivity contribution in [2.75, 3.05) is 6.54 Å². The van der Waals surface area contributed by atoms with Crippen LogP contribution < -0.4 is 0 Å². The summed E-state index contributed by atoms with van der Waals surface area (Å²) in [4.78, 5) is 19.3. The molecule has 1 aromatic carbocycles. The van der Waals surface area contributed by atoms with Gasteiger partial charge < -0.3 is 4.98 Å². The molecule has 0 unspecified atom stereocenters. The van der Waals surface area contributed by atoms with Crippen LogP contribution in [0.25, 0.3) is 22.3 Å². The Labute approximate surface area is 165 Å². The third kappa shape index (κ3) is 3.26. The first-order chi connectivity index (χ1) is 13.3. The smallest absolute Gasteiger partial charge is 0.159 e. The highest BCUT2D eigenvalue weighted by atomic mass is 79.9. The van der Waals surface area contributed by atoms with Gasteiger partial charge in [0.25, 0.3) is 0 Å². The van der Waals surface area contributed by atoms with E-state index in [2.05, 4.69) is 60.2 Å². The van der Waals surface area contributed by atoms with Gasteiger partial charge in [-0.1, -0.05) is 22.0 Å². The van der Waals surface area contributed by atoms with Crippen molar-refractivity contribution >= 4 is 26.8 Å². The molecule has 1 aliphatic rings. The highest BCUT2D eigenvalue weighted by molar-refractivity contribution is 9.10. The van der Waals surface area contributed by atoms with Gasteiger partial charge >= 0.3 is 0 Å². The standard InChI is InChI=1S/C21H18BrN5/c22-17-1-2-18-16(11-24-19(18)9-17)12-27-8-5-15-10-25-21(26-20(15)13-27)14-3-6-23-7-4-14/h1-4,6-7,9-11,24H,5,8,12-13H2. The number of H-pyrrole nitrogens is 1. The fourth-order valence-corrected chi connectivity index (χ4v) is 4.02. The number of hydrogen-bond acceptors (Lipinski definition) is 4. The first kappa shape index (κ1) is 16.6. The molecule has 0 bridgehead atoms. The zero-order chi connectivity index (χ0) is 18.2. The second-order valence-corrected chi connectivity index (χ2v) is 7.78. The van der Waals surface area contributed by atoms with Crippen molar-refractivity contribution < 1.29 is 0 Å². The lowest BCUT2D eigenvalue weighted by atomic mass is 10.1. The lowest BCUT2D eigenvalue weighted by Gasteiger charge is -2.27. The summed E-state index contributed by atoms with van der Waals surface area (Å²) in [7, 11) is 0. The Hall–Kier alpha value is -2.57. The van der Waals surface area contributed by atoms with E-state index in [1.807, 2.05) is 18.3 Å². The number of pyridine rings is 1. The predicted octanol–water partition coefficient (Wildman–Crippen LogP) is 4.34. The molecule has 0 aliphatic carbocycles. The minimum Gasteiger partial charge on any atom is -0.361 e. The van der Waals surface area contributed by atoms with Crippen LogP contribution in [0.4, 0.5) is 0 Å². The molecule has 27 heavy (non-hydrogen) atoms. The van der Waals surface area contributed by atoms with E-state index in [0.29, 0.717) is 0 Å². The van der Waals surface area contributed by atoms with Crippen LogP contribution in [0.15, 0.2) is 59.6 Å². The van der Waals surface area contributed by atoms with Gasteiger partial charge in [-0.05, 0) is 41.8 Å². The molecule has 6 heteroatoms. The third-order valence-corrected chi connectivity index (χ3v) is 5.58. The van der Waals surface area contributed by atoms with Crippen molar-refractivity contribution in [3.05, 3.63) is 76.4 Å². The monoisotopic (exact) mass is 419 g/mol. The zero-order valence-electron chi connectivity index (χ0n) is 14.7.